The summed E-state index contributed by atoms with van der Waals surface area (Å²) in [6.07, 6.45) is 3.79. The van der Waals surface area contributed by atoms with Crippen LogP contribution in [0.3, 0.4) is 0 Å². The predicted octanol–water partition coefficient (Wildman–Crippen LogP) is 3.32. The number of piperidine rings is 1. The highest BCUT2D eigenvalue weighted by Crippen LogP contribution is 2.15. The average molecular weight is 373 g/mol. The minimum atomic E-state index is -0.213. The molecule has 3 nitrogen and oxygen atoms in total. The molecular weight excluding hydrogens is 353 g/mol. The van der Waals surface area contributed by atoms with Crippen molar-refractivity contribution in [2.75, 3.05) is 19.6 Å². The molecule has 0 aromatic heterocycles. The number of hydrogen-bond donors (Lipinski definition) is 0. The normalized spacial score (nSPS) is 18.0. The molecule has 0 bridgehead atoms. The SMILES string of the molecule is CC(CN1CCCCC1)OC(=O)c1ccccc1I. The molecule has 1 unspecified atom stereocenters. The maximum absolute atomic E-state index is 12.1. The largest absolute Gasteiger partial charge is 0.458 e. The Morgan fingerprint density at radius 2 is 2.00 bits per heavy atom. The maximum atomic E-state index is 12.1. The minimum absolute atomic E-state index is 0.0541. The van der Waals surface area contributed by atoms with Crippen LogP contribution in [0.1, 0.15) is 36.5 Å². The number of carbonyl (C=O) groups is 1. The number of benzene rings is 1. The molecule has 0 saturated carbocycles. The molecule has 0 spiro atoms. The van der Waals surface area contributed by atoms with Crippen LogP contribution in [0.25, 0.3) is 0 Å². The monoisotopic (exact) mass is 373 g/mol. The van der Waals surface area contributed by atoms with Crippen molar-refractivity contribution in [2.24, 2.45) is 0 Å². The van der Waals surface area contributed by atoms with Crippen LogP contribution in [-0.2, 0) is 4.74 Å². The van der Waals surface area contributed by atoms with Crippen molar-refractivity contribution < 1.29 is 9.53 Å². The van der Waals surface area contributed by atoms with Crippen molar-refractivity contribution in [1.29, 1.82) is 0 Å². The fourth-order valence-electron chi connectivity index (χ4n) is 2.42. The molecule has 1 fully saturated rings. The van der Waals surface area contributed by atoms with Gasteiger partial charge in [-0.3, -0.25) is 4.90 Å². The second-order valence-electron chi connectivity index (χ2n) is 5.06. The third-order valence-corrected chi connectivity index (χ3v) is 4.31. The van der Waals surface area contributed by atoms with E-state index >= 15 is 0 Å². The average Bonchev–Trinajstić information content (AvgIpc) is 2.40. The molecule has 19 heavy (non-hydrogen) atoms. The van der Waals surface area contributed by atoms with Crippen molar-refractivity contribution in [3.05, 3.63) is 33.4 Å². The van der Waals surface area contributed by atoms with Gasteiger partial charge >= 0.3 is 5.97 Å². The lowest BCUT2D eigenvalue weighted by Gasteiger charge is -2.28. The van der Waals surface area contributed by atoms with Crippen LogP contribution in [0.4, 0.5) is 0 Å². The van der Waals surface area contributed by atoms with Gasteiger partial charge in [0.25, 0.3) is 0 Å². The summed E-state index contributed by atoms with van der Waals surface area (Å²) in [5.74, 6) is -0.213. The molecule has 1 aliphatic heterocycles. The predicted molar refractivity (Wildman–Crippen MR) is 84.3 cm³/mol. The number of hydrogen-bond acceptors (Lipinski definition) is 3. The summed E-state index contributed by atoms with van der Waals surface area (Å²) in [6, 6.07) is 7.54. The zero-order chi connectivity index (χ0) is 13.7. The molecular formula is C15H20INO2. The van der Waals surface area contributed by atoms with E-state index in [1.165, 1.54) is 19.3 Å². The van der Waals surface area contributed by atoms with E-state index in [-0.39, 0.29) is 12.1 Å². The van der Waals surface area contributed by atoms with Gasteiger partial charge in [-0.25, -0.2) is 4.79 Å². The van der Waals surface area contributed by atoms with E-state index in [0.29, 0.717) is 5.56 Å². The minimum Gasteiger partial charge on any atom is -0.458 e. The van der Waals surface area contributed by atoms with Gasteiger partial charge in [-0.15, -0.1) is 0 Å². The number of nitrogens with zero attached hydrogens (tertiary/aromatic N) is 1. The van der Waals surface area contributed by atoms with Gasteiger partial charge in [0.05, 0.1) is 5.56 Å². The van der Waals surface area contributed by atoms with Crippen LogP contribution < -0.4 is 0 Å². The van der Waals surface area contributed by atoms with E-state index in [9.17, 15) is 4.79 Å². The van der Waals surface area contributed by atoms with Crippen LogP contribution >= 0.6 is 22.6 Å². The van der Waals surface area contributed by atoms with E-state index in [2.05, 4.69) is 27.5 Å². The highest BCUT2D eigenvalue weighted by Gasteiger charge is 2.18. The summed E-state index contributed by atoms with van der Waals surface area (Å²) >= 11 is 2.17. The van der Waals surface area contributed by atoms with Crippen molar-refractivity contribution in [2.45, 2.75) is 32.3 Å². The van der Waals surface area contributed by atoms with Gasteiger partial charge in [0.1, 0.15) is 6.10 Å². The van der Waals surface area contributed by atoms with Crippen molar-refractivity contribution in [3.63, 3.8) is 0 Å². The fraction of sp³-hybridized carbons (Fsp3) is 0.533. The molecule has 0 aliphatic carbocycles. The Balaban J connectivity index is 1.86. The van der Waals surface area contributed by atoms with Crippen LogP contribution in [0.15, 0.2) is 24.3 Å². The Kier molecular flexibility index (Phi) is 5.63. The first-order chi connectivity index (χ1) is 9.16. The number of rotatable bonds is 4. The highest BCUT2D eigenvalue weighted by molar-refractivity contribution is 14.1. The highest BCUT2D eigenvalue weighted by atomic mass is 127. The van der Waals surface area contributed by atoms with Crippen molar-refractivity contribution in [1.82, 2.24) is 4.90 Å². The maximum Gasteiger partial charge on any atom is 0.339 e. The Labute approximate surface area is 128 Å². The zero-order valence-electron chi connectivity index (χ0n) is 11.3. The Morgan fingerprint density at radius 3 is 2.68 bits per heavy atom. The first-order valence-corrected chi connectivity index (χ1v) is 7.92. The molecule has 0 N–H and O–H groups in total. The summed E-state index contributed by atoms with van der Waals surface area (Å²) in [6.45, 7) is 5.08. The number of halogens is 1. The van der Waals surface area contributed by atoms with E-state index < -0.39 is 0 Å². The van der Waals surface area contributed by atoms with Gasteiger partial charge < -0.3 is 4.74 Å². The second-order valence-corrected chi connectivity index (χ2v) is 6.22. The molecule has 1 aliphatic rings. The van der Waals surface area contributed by atoms with Gasteiger partial charge in [-0.2, -0.15) is 0 Å². The summed E-state index contributed by atoms with van der Waals surface area (Å²) in [4.78, 5) is 14.5. The van der Waals surface area contributed by atoms with E-state index in [0.717, 1.165) is 23.2 Å². The van der Waals surface area contributed by atoms with Gasteiger partial charge in [-0.1, -0.05) is 18.6 Å². The third-order valence-electron chi connectivity index (χ3n) is 3.37. The molecule has 1 atom stereocenters. The first kappa shape index (κ1) is 14.8. The number of ether oxygens (including phenoxy) is 1. The standard InChI is InChI=1S/C15H20INO2/c1-12(11-17-9-5-2-6-10-17)19-15(18)13-7-3-4-8-14(13)16/h3-4,7-8,12H,2,5-6,9-11H2,1H3. The number of esters is 1. The molecule has 1 aromatic carbocycles. The van der Waals surface area contributed by atoms with Crippen molar-refractivity contribution >= 4 is 28.6 Å². The third kappa shape index (κ3) is 4.45. The second kappa shape index (κ2) is 7.24. The fourth-order valence-corrected chi connectivity index (χ4v) is 3.02. The smallest absolute Gasteiger partial charge is 0.339 e. The van der Waals surface area contributed by atoms with Gasteiger partial charge in [0, 0.05) is 10.1 Å². The Bertz CT molecular complexity index is 430. The lowest BCUT2D eigenvalue weighted by Crippen LogP contribution is -2.37. The van der Waals surface area contributed by atoms with Gasteiger partial charge in [0.2, 0.25) is 0 Å². The quantitative estimate of drug-likeness (QED) is 0.599. The summed E-state index contributed by atoms with van der Waals surface area (Å²) < 4.78 is 6.47. The number of likely N-dealkylation sites (tertiary alicyclic amines) is 1. The van der Waals surface area contributed by atoms with Crippen molar-refractivity contribution in [3.8, 4) is 0 Å². The lowest BCUT2D eigenvalue weighted by molar-refractivity contribution is 0.0234. The van der Waals surface area contributed by atoms with Gasteiger partial charge in [0.15, 0.2) is 0 Å². The molecule has 2 rings (SSSR count). The topological polar surface area (TPSA) is 29.5 Å². The molecule has 4 heteroatoms. The summed E-state index contributed by atoms with van der Waals surface area (Å²) in [5.41, 5.74) is 0.661. The van der Waals surface area contributed by atoms with Crippen LogP contribution in [0.5, 0.6) is 0 Å². The van der Waals surface area contributed by atoms with Crippen LogP contribution in [0, 0.1) is 3.57 Å². The van der Waals surface area contributed by atoms with Gasteiger partial charge in [-0.05, 0) is 67.6 Å². The summed E-state index contributed by atoms with van der Waals surface area (Å²) in [7, 11) is 0. The van der Waals surface area contributed by atoms with E-state index in [4.69, 9.17) is 4.74 Å². The number of carbonyl (C=O) groups excluding carboxylic acids is 1. The first-order valence-electron chi connectivity index (χ1n) is 6.84. The van der Waals surface area contributed by atoms with E-state index in [1.54, 1.807) is 0 Å². The molecule has 1 aromatic rings. The van der Waals surface area contributed by atoms with E-state index in [1.807, 2.05) is 31.2 Å². The molecule has 104 valence electrons. The Hall–Kier alpha value is -0.620. The molecule has 1 saturated heterocycles. The molecule has 0 radical (unpaired) electrons. The van der Waals surface area contributed by atoms with Crippen LogP contribution in [-0.4, -0.2) is 36.6 Å². The zero-order valence-corrected chi connectivity index (χ0v) is 13.4. The van der Waals surface area contributed by atoms with Crippen LogP contribution in [0.2, 0.25) is 0 Å². The molecule has 1 heterocycles. The Morgan fingerprint density at radius 1 is 1.32 bits per heavy atom. The summed E-state index contributed by atoms with van der Waals surface area (Å²) in [5, 5.41) is 0. The molecule has 0 amide bonds. The lowest BCUT2D eigenvalue weighted by atomic mass is 10.1.